The Hall–Kier alpha value is -1.96. The van der Waals surface area contributed by atoms with Crippen molar-refractivity contribution >= 4 is 21.8 Å². The number of aryl methyl sites for hydroxylation is 2. The van der Waals surface area contributed by atoms with Crippen molar-refractivity contribution in [3.05, 3.63) is 46.2 Å². The Labute approximate surface area is 140 Å². The van der Waals surface area contributed by atoms with E-state index in [2.05, 4.69) is 31.1 Å². The van der Waals surface area contributed by atoms with E-state index in [0.29, 0.717) is 19.5 Å². The van der Waals surface area contributed by atoms with E-state index in [1.165, 1.54) is 18.2 Å². The second-order valence-electron chi connectivity index (χ2n) is 4.81. The Morgan fingerprint density at radius 3 is 2.83 bits per heavy atom. The molecule has 0 unspecified atom stereocenters. The molecule has 1 aromatic heterocycles. The average Bonchev–Trinajstić information content (AvgIpc) is 2.82. The highest BCUT2D eigenvalue weighted by molar-refractivity contribution is 9.10. The summed E-state index contributed by atoms with van der Waals surface area (Å²) in [6.45, 7) is -0.0341. The SMILES string of the molecule is Cc1nn(CCCNC(=O)c2ccccc2OC(F)F)cc1Br. The molecule has 0 bridgehead atoms. The van der Waals surface area contributed by atoms with Gasteiger partial charge in [0.2, 0.25) is 0 Å². The molecule has 124 valence electrons. The molecule has 1 aromatic carbocycles. The van der Waals surface area contributed by atoms with Crippen molar-refractivity contribution in [1.82, 2.24) is 15.1 Å². The first-order chi connectivity index (χ1) is 11.0. The molecule has 2 rings (SSSR count). The van der Waals surface area contributed by atoms with Gasteiger partial charge in [0.05, 0.1) is 15.7 Å². The topological polar surface area (TPSA) is 56.2 Å². The van der Waals surface area contributed by atoms with Crippen LogP contribution in [0.3, 0.4) is 0 Å². The lowest BCUT2D eigenvalue weighted by Crippen LogP contribution is -2.26. The fourth-order valence-electron chi connectivity index (χ4n) is 2.00. The van der Waals surface area contributed by atoms with E-state index < -0.39 is 12.5 Å². The lowest BCUT2D eigenvalue weighted by molar-refractivity contribution is -0.0501. The molecule has 2 aromatic rings. The first-order valence-corrected chi connectivity index (χ1v) is 7.78. The molecule has 0 atom stereocenters. The fourth-order valence-corrected chi connectivity index (χ4v) is 2.31. The minimum absolute atomic E-state index is 0.0884. The van der Waals surface area contributed by atoms with Crippen LogP contribution < -0.4 is 10.1 Å². The third kappa shape index (κ3) is 5.02. The number of ether oxygens (including phenoxy) is 1. The highest BCUT2D eigenvalue weighted by Crippen LogP contribution is 2.20. The largest absolute Gasteiger partial charge is 0.434 e. The molecule has 8 heteroatoms. The number of benzene rings is 1. The molecule has 23 heavy (non-hydrogen) atoms. The number of alkyl halides is 2. The molecule has 5 nitrogen and oxygen atoms in total. The summed E-state index contributed by atoms with van der Waals surface area (Å²) in [7, 11) is 0. The molecule has 0 spiro atoms. The zero-order valence-corrected chi connectivity index (χ0v) is 14.0. The summed E-state index contributed by atoms with van der Waals surface area (Å²) >= 11 is 3.38. The molecular weight excluding hydrogens is 372 g/mol. The van der Waals surface area contributed by atoms with Crippen molar-refractivity contribution in [1.29, 1.82) is 0 Å². The van der Waals surface area contributed by atoms with Crippen LogP contribution in [0.4, 0.5) is 8.78 Å². The van der Waals surface area contributed by atoms with Gasteiger partial charge in [-0.1, -0.05) is 12.1 Å². The van der Waals surface area contributed by atoms with Crippen molar-refractivity contribution in [2.45, 2.75) is 26.5 Å². The standard InChI is InChI=1S/C15H16BrF2N3O2/c1-10-12(16)9-21(20-10)8-4-7-19-14(22)11-5-2-3-6-13(11)23-15(17)18/h2-3,5-6,9,15H,4,7-8H2,1H3,(H,19,22). The van der Waals surface area contributed by atoms with Crippen molar-refractivity contribution < 1.29 is 18.3 Å². The maximum absolute atomic E-state index is 12.3. The van der Waals surface area contributed by atoms with E-state index >= 15 is 0 Å². The molecule has 0 aliphatic carbocycles. The second-order valence-corrected chi connectivity index (χ2v) is 5.66. The third-order valence-corrected chi connectivity index (χ3v) is 3.86. The van der Waals surface area contributed by atoms with Crippen LogP contribution >= 0.6 is 15.9 Å². The smallest absolute Gasteiger partial charge is 0.387 e. The lowest BCUT2D eigenvalue weighted by atomic mass is 10.2. The van der Waals surface area contributed by atoms with Gasteiger partial charge >= 0.3 is 6.61 Å². The summed E-state index contributed by atoms with van der Waals surface area (Å²) < 4.78 is 31.7. The van der Waals surface area contributed by atoms with Gasteiger partial charge in [-0.05, 0) is 41.4 Å². The summed E-state index contributed by atoms with van der Waals surface area (Å²) in [5.41, 5.74) is 0.984. The summed E-state index contributed by atoms with van der Waals surface area (Å²) in [6.07, 6.45) is 2.53. The van der Waals surface area contributed by atoms with E-state index in [0.717, 1.165) is 10.2 Å². The van der Waals surface area contributed by atoms with Crippen LogP contribution in [0.1, 0.15) is 22.5 Å². The van der Waals surface area contributed by atoms with Gasteiger partial charge in [0.1, 0.15) is 5.75 Å². The predicted octanol–water partition coefficient (Wildman–Crippen LogP) is 3.38. The molecule has 0 radical (unpaired) electrons. The minimum atomic E-state index is -2.97. The summed E-state index contributed by atoms with van der Waals surface area (Å²) in [4.78, 5) is 12.1. The molecule has 1 heterocycles. The van der Waals surface area contributed by atoms with E-state index in [1.54, 1.807) is 10.7 Å². The molecule has 1 N–H and O–H groups in total. The molecule has 0 aliphatic heterocycles. The first kappa shape index (κ1) is 17.4. The van der Waals surface area contributed by atoms with Gasteiger partial charge in [-0.2, -0.15) is 13.9 Å². The van der Waals surface area contributed by atoms with E-state index in [9.17, 15) is 13.6 Å². The van der Waals surface area contributed by atoms with Crippen molar-refractivity contribution in [3.63, 3.8) is 0 Å². The van der Waals surface area contributed by atoms with Crippen LogP contribution in [-0.2, 0) is 6.54 Å². The highest BCUT2D eigenvalue weighted by Gasteiger charge is 2.14. The number of nitrogens with zero attached hydrogens (tertiary/aromatic N) is 2. The molecule has 0 fully saturated rings. The zero-order valence-electron chi connectivity index (χ0n) is 12.4. The Kier molecular flexibility index (Phi) is 6.09. The number of hydrogen-bond donors (Lipinski definition) is 1. The summed E-state index contributed by atoms with van der Waals surface area (Å²) in [5.74, 6) is -0.578. The number of carbonyl (C=O) groups is 1. The highest BCUT2D eigenvalue weighted by atomic mass is 79.9. The molecule has 0 aliphatic rings. The zero-order chi connectivity index (χ0) is 16.8. The lowest BCUT2D eigenvalue weighted by Gasteiger charge is -2.10. The summed E-state index contributed by atoms with van der Waals surface area (Å²) in [5, 5.41) is 6.97. The average molecular weight is 388 g/mol. The van der Waals surface area contributed by atoms with Gasteiger partial charge in [0, 0.05) is 19.3 Å². The number of para-hydroxylation sites is 1. The number of hydrogen-bond acceptors (Lipinski definition) is 3. The van der Waals surface area contributed by atoms with E-state index in [1.807, 2.05) is 13.1 Å². The number of carbonyl (C=O) groups excluding carboxylic acids is 1. The second kappa shape index (κ2) is 8.05. The van der Waals surface area contributed by atoms with Gasteiger partial charge in [0.25, 0.3) is 5.91 Å². The predicted molar refractivity (Wildman–Crippen MR) is 84.7 cm³/mol. The van der Waals surface area contributed by atoms with Gasteiger partial charge < -0.3 is 10.1 Å². The van der Waals surface area contributed by atoms with Gasteiger partial charge in [-0.25, -0.2) is 0 Å². The summed E-state index contributed by atoms with van der Waals surface area (Å²) in [6, 6.07) is 5.91. The van der Waals surface area contributed by atoms with E-state index in [-0.39, 0.29) is 11.3 Å². The minimum Gasteiger partial charge on any atom is -0.434 e. The molecule has 0 saturated carbocycles. The Morgan fingerprint density at radius 1 is 1.43 bits per heavy atom. The van der Waals surface area contributed by atoms with Crippen molar-refractivity contribution in [3.8, 4) is 5.75 Å². The number of nitrogens with one attached hydrogen (secondary N) is 1. The molecule has 1 amide bonds. The maximum atomic E-state index is 12.3. The Bertz CT molecular complexity index is 657. The number of rotatable bonds is 7. The number of aromatic nitrogens is 2. The third-order valence-electron chi connectivity index (χ3n) is 3.08. The number of amides is 1. The van der Waals surface area contributed by atoms with Gasteiger partial charge in [-0.3, -0.25) is 9.48 Å². The molecule has 0 saturated heterocycles. The van der Waals surface area contributed by atoms with Crippen LogP contribution in [0.5, 0.6) is 5.75 Å². The van der Waals surface area contributed by atoms with Crippen LogP contribution in [0.2, 0.25) is 0 Å². The number of halogens is 3. The normalized spacial score (nSPS) is 10.8. The Morgan fingerprint density at radius 2 is 2.17 bits per heavy atom. The van der Waals surface area contributed by atoms with Crippen LogP contribution in [0.15, 0.2) is 34.9 Å². The fraction of sp³-hybridized carbons (Fsp3) is 0.333. The van der Waals surface area contributed by atoms with E-state index in [4.69, 9.17) is 0 Å². The van der Waals surface area contributed by atoms with Gasteiger partial charge in [-0.15, -0.1) is 0 Å². The van der Waals surface area contributed by atoms with Crippen molar-refractivity contribution in [2.24, 2.45) is 0 Å². The maximum Gasteiger partial charge on any atom is 0.387 e. The van der Waals surface area contributed by atoms with Crippen LogP contribution in [0.25, 0.3) is 0 Å². The van der Waals surface area contributed by atoms with Crippen LogP contribution in [0, 0.1) is 6.92 Å². The first-order valence-electron chi connectivity index (χ1n) is 6.99. The van der Waals surface area contributed by atoms with Gasteiger partial charge in [0.15, 0.2) is 0 Å². The van der Waals surface area contributed by atoms with Crippen LogP contribution in [-0.4, -0.2) is 28.8 Å². The monoisotopic (exact) mass is 387 g/mol. The Balaban J connectivity index is 1.85. The molecular formula is C15H16BrF2N3O2. The van der Waals surface area contributed by atoms with Crippen molar-refractivity contribution in [2.75, 3.05) is 6.54 Å². The quantitative estimate of drug-likeness (QED) is 0.740.